The zero-order chi connectivity index (χ0) is 17.4. The second kappa shape index (κ2) is 9.47. The Labute approximate surface area is 156 Å². The Morgan fingerprint density at radius 1 is 1.17 bits per heavy atom. The van der Waals surface area contributed by atoms with Gasteiger partial charge in [0.05, 0.1) is 7.11 Å². The van der Waals surface area contributed by atoms with Gasteiger partial charge < -0.3 is 9.84 Å². The smallest absolute Gasteiger partial charge is 0.160 e. The number of phenolic OH excluding ortho intramolecular Hbond substituents is 1. The number of allylic oxidation sites excluding steroid dienone is 1. The van der Waals surface area contributed by atoms with Crippen LogP contribution in [0.5, 0.6) is 11.5 Å². The van der Waals surface area contributed by atoms with Gasteiger partial charge in [-0.1, -0.05) is 24.3 Å². The molecule has 0 aromatic heterocycles. The van der Waals surface area contributed by atoms with Crippen LogP contribution in [0.15, 0.2) is 48.5 Å². The summed E-state index contributed by atoms with van der Waals surface area (Å²) in [6.07, 6.45) is 6.65. The molecule has 0 bridgehead atoms. The van der Waals surface area contributed by atoms with Crippen molar-refractivity contribution in [3.05, 3.63) is 63.2 Å². The SMILES string of the molecule is COc1ccc(CCCCC(=O)/C=C/c2ccc(I)cc2)cc1O. The summed E-state index contributed by atoms with van der Waals surface area (Å²) in [4.78, 5) is 11.9. The Morgan fingerprint density at radius 2 is 1.92 bits per heavy atom. The molecule has 2 rings (SSSR count). The lowest BCUT2D eigenvalue weighted by Crippen LogP contribution is -1.94. The van der Waals surface area contributed by atoms with Crippen molar-refractivity contribution < 1.29 is 14.6 Å². The van der Waals surface area contributed by atoms with Crippen molar-refractivity contribution in [3.8, 4) is 11.5 Å². The van der Waals surface area contributed by atoms with Crippen molar-refractivity contribution >= 4 is 34.5 Å². The molecule has 0 saturated carbocycles. The van der Waals surface area contributed by atoms with E-state index in [9.17, 15) is 9.90 Å². The lowest BCUT2D eigenvalue weighted by molar-refractivity contribution is -0.114. The minimum atomic E-state index is 0.145. The number of aryl methyl sites for hydroxylation is 1. The van der Waals surface area contributed by atoms with Gasteiger partial charge in [-0.2, -0.15) is 0 Å². The Kier molecular flexibility index (Phi) is 7.31. The highest BCUT2D eigenvalue weighted by Gasteiger charge is 2.03. The molecular weight excluding hydrogens is 415 g/mol. The highest BCUT2D eigenvalue weighted by molar-refractivity contribution is 14.1. The van der Waals surface area contributed by atoms with E-state index in [1.807, 2.05) is 36.4 Å². The monoisotopic (exact) mass is 436 g/mol. The maximum Gasteiger partial charge on any atom is 0.160 e. The third kappa shape index (κ3) is 6.00. The van der Waals surface area contributed by atoms with Crippen LogP contribution in [0.25, 0.3) is 6.08 Å². The first-order valence-electron chi connectivity index (χ1n) is 7.91. The maximum atomic E-state index is 11.9. The molecule has 0 unspecified atom stereocenters. The molecule has 0 aliphatic carbocycles. The molecule has 2 aromatic rings. The van der Waals surface area contributed by atoms with Gasteiger partial charge in [0.25, 0.3) is 0 Å². The van der Waals surface area contributed by atoms with Crippen molar-refractivity contribution in [1.82, 2.24) is 0 Å². The largest absolute Gasteiger partial charge is 0.504 e. The molecule has 0 atom stereocenters. The summed E-state index contributed by atoms with van der Waals surface area (Å²) in [6, 6.07) is 13.5. The summed E-state index contributed by atoms with van der Waals surface area (Å²) in [5.41, 5.74) is 2.09. The lowest BCUT2D eigenvalue weighted by atomic mass is 10.0. The second-order valence-corrected chi connectivity index (χ2v) is 6.81. The van der Waals surface area contributed by atoms with Crippen molar-refractivity contribution in [2.45, 2.75) is 25.7 Å². The predicted molar refractivity (Wildman–Crippen MR) is 105 cm³/mol. The van der Waals surface area contributed by atoms with E-state index in [2.05, 4.69) is 22.6 Å². The average molecular weight is 436 g/mol. The normalized spacial score (nSPS) is 10.9. The minimum absolute atomic E-state index is 0.145. The fourth-order valence-electron chi connectivity index (χ4n) is 2.37. The van der Waals surface area contributed by atoms with E-state index in [4.69, 9.17) is 4.74 Å². The third-order valence-electron chi connectivity index (χ3n) is 3.71. The Morgan fingerprint density at radius 3 is 2.58 bits per heavy atom. The number of halogens is 1. The van der Waals surface area contributed by atoms with Crippen LogP contribution in [0.2, 0.25) is 0 Å². The van der Waals surface area contributed by atoms with E-state index in [1.165, 1.54) is 10.7 Å². The molecule has 3 nitrogen and oxygen atoms in total. The van der Waals surface area contributed by atoms with Gasteiger partial charge in [-0.25, -0.2) is 0 Å². The summed E-state index contributed by atoms with van der Waals surface area (Å²) in [5, 5.41) is 9.74. The molecule has 0 amide bonds. The summed E-state index contributed by atoms with van der Waals surface area (Å²) in [5.74, 6) is 0.785. The third-order valence-corrected chi connectivity index (χ3v) is 4.43. The molecule has 0 fully saturated rings. The summed E-state index contributed by atoms with van der Waals surface area (Å²) in [6.45, 7) is 0. The number of aromatic hydroxyl groups is 1. The van der Waals surface area contributed by atoms with E-state index in [0.717, 1.165) is 30.4 Å². The molecule has 0 radical (unpaired) electrons. The quantitative estimate of drug-likeness (QED) is 0.360. The highest BCUT2D eigenvalue weighted by Crippen LogP contribution is 2.26. The summed E-state index contributed by atoms with van der Waals surface area (Å²) < 4.78 is 6.21. The van der Waals surface area contributed by atoms with Crippen LogP contribution in [0.1, 0.15) is 30.4 Å². The number of phenols is 1. The standard InChI is InChI=1S/C20H21IO3/c1-24-20-13-9-16(14-19(20)23)4-2-3-5-18(22)12-8-15-6-10-17(21)11-7-15/h6-14,23H,2-5H2,1H3/b12-8+. The molecule has 0 aliphatic rings. The van der Waals surface area contributed by atoms with Crippen molar-refractivity contribution in [1.29, 1.82) is 0 Å². The topological polar surface area (TPSA) is 46.5 Å². The first kappa shape index (κ1) is 18.5. The number of carbonyl (C=O) groups is 1. The number of carbonyl (C=O) groups excluding carboxylic acids is 1. The van der Waals surface area contributed by atoms with Crippen LogP contribution in [0.3, 0.4) is 0 Å². The summed E-state index contributed by atoms with van der Waals surface area (Å²) in [7, 11) is 1.53. The van der Waals surface area contributed by atoms with Crippen LogP contribution < -0.4 is 4.74 Å². The van der Waals surface area contributed by atoms with Crippen molar-refractivity contribution in [2.75, 3.05) is 7.11 Å². The van der Waals surface area contributed by atoms with Crippen molar-refractivity contribution in [2.24, 2.45) is 0 Å². The molecule has 2 aromatic carbocycles. The van der Waals surface area contributed by atoms with Crippen LogP contribution in [0, 0.1) is 3.57 Å². The predicted octanol–water partition coefficient (Wildman–Crippen LogP) is 5.00. The van der Waals surface area contributed by atoms with Gasteiger partial charge in [-0.05, 0) is 83.3 Å². The highest BCUT2D eigenvalue weighted by atomic mass is 127. The molecule has 1 N–H and O–H groups in total. The first-order chi connectivity index (χ1) is 11.6. The van der Waals surface area contributed by atoms with E-state index < -0.39 is 0 Å². The zero-order valence-corrected chi connectivity index (χ0v) is 15.8. The molecule has 0 aliphatic heterocycles. The molecular formula is C20H21IO3. The molecule has 0 saturated heterocycles. The number of hydrogen-bond donors (Lipinski definition) is 1. The van der Waals surface area contributed by atoms with Gasteiger partial charge in [0, 0.05) is 9.99 Å². The van der Waals surface area contributed by atoms with Crippen LogP contribution in [0.4, 0.5) is 0 Å². The number of benzene rings is 2. The molecule has 0 heterocycles. The Balaban J connectivity index is 1.72. The van der Waals surface area contributed by atoms with Crippen LogP contribution >= 0.6 is 22.6 Å². The van der Waals surface area contributed by atoms with Crippen molar-refractivity contribution in [3.63, 3.8) is 0 Å². The van der Waals surface area contributed by atoms with Gasteiger partial charge in [0.1, 0.15) is 0 Å². The summed E-state index contributed by atoms with van der Waals surface area (Å²) >= 11 is 2.26. The van der Waals surface area contributed by atoms with Gasteiger partial charge in [-0.15, -0.1) is 0 Å². The number of rotatable bonds is 8. The molecule has 4 heteroatoms. The van der Waals surface area contributed by atoms with Gasteiger partial charge in [0.2, 0.25) is 0 Å². The van der Waals surface area contributed by atoms with E-state index in [1.54, 1.807) is 18.2 Å². The molecule has 0 spiro atoms. The molecule has 24 heavy (non-hydrogen) atoms. The van der Waals surface area contributed by atoms with Gasteiger partial charge in [0.15, 0.2) is 17.3 Å². The number of methoxy groups -OCH3 is 1. The number of ether oxygens (including phenoxy) is 1. The number of ketones is 1. The van der Waals surface area contributed by atoms with Crippen LogP contribution in [-0.2, 0) is 11.2 Å². The van der Waals surface area contributed by atoms with E-state index >= 15 is 0 Å². The van der Waals surface area contributed by atoms with Gasteiger partial charge in [-0.3, -0.25) is 4.79 Å². The Bertz CT molecular complexity index is 705. The maximum absolute atomic E-state index is 11.9. The zero-order valence-electron chi connectivity index (χ0n) is 13.7. The number of hydrogen-bond acceptors (Lipinski definition) is 3. The Hall–Kier alpha value is -1.82. The van der Waals surface area contributed by atoms with Gasteiger partial charge >= 0.3 is 0 Å². The first-order valence-corrected chi connectivity index (χ1v) is 8.99. The minimum Gasteiger partial charge on any atom is -0.504 e. The van der Waals surface area contributed by atoms with E-state index in [0.29, 0.717) is 12.2 Å². The van der Waals surface area contributed by atoms with E-state index in [-0.39, 0.29) is 11.5 Å². The fraction of sp³-hybridized carbons (Fsp3) is 0.250. The van der Waals surface area contributed by atoms with Crippen LogP contribution in [-0.4, -0.2) is 18.0 Å². The average Bonchev–Trinajstić information content (AvgIpc) is 2.58. The second-order valence-electron chi connectivity index (χ2n) is 5.56. The molecule has 126 valence electrons. The lowest BCUT2D eigenvalue weighted by Gasteiger charge is -2.06. The fourth-order valence-corrected chi connectivity index (χ4v) is 2.73. The number of unbranched alkanes of at least 4 members (excludes halogenated alkanes) is 1.